The van der Waals surface area contributed by atoms with Crippen LogP contribution in [0.15, 0.2) is 23.1 Å². The quantitative estimate of drug-likeness (QED) is 0.867. The molecule has 0 saturated carbocycles. The fourth-order valence-electron chi connectivity index (χ4n) is 1.54. The van der Waals surface area contributed by atoms with Crippen LogP contribution in [-0.4, -0.2) is 14.2 Å². The highest BCUT2D eigenvalue weighted by atomic mass is 32.2. The molecule has 102 valence electrons. The van der Waals surface area contributed by atoms with Gasteiger partial charge in [-0.25, -0.2) is 8.42 Å². The van der Waals surface area contributed by atoms with Gasteiger partial charge in [0.2, 0.25) is 0 Å². The highest BCUT2D eigenvalue weighted by Gasteiger charge is 2.32. The van der Waals surface area contributed by atoms with E-state index in [1.165, 1.54) is 0 Å². The number of anilines is 1. The van der Waals surface area contributed by atoms with Crippen molar-refractivity contribution in [1.82, 2.24) is 0 Å². The molecule has 3 nitrogen and oxygen atoms in total. The number of hydrogen-bond acceptors (Lipinski definition) is 3. The second-order valence-electron chi connectivity index (χ2n) is 4.43. The maximum absolute atomic E-state index is 12.4. The summed E-state index contributed by atoms with van der Waals surface area (Å²) < 4.78 is 60.9. The molecule has 0 aliphatic heterocycles. The molecule has 1 aromatic rings. The van der Waals surface area contributed by atoms with Gasteiger partial charge in [0, 0.05) is 0 Å². The van der Waals surface area contributed by atoms with Crippen molar-refractivity contribution in [1.29, 1.82) is 0 Å². The van der Waals surface area contributed by atoms with Gasteiger partial charge in [0.25, 0.3) is 0 Å². The maximum Gasteiger partial charge on any atom is 0.416 e. The Hall–Kier alpha value is -1.24. The summed E-state index contributed by atoms with van der Waals surface area (Å²) in [6.07, 6.45) is -4.53. The first-order chi connectivity index (χ1) is 8.04. The predicted molar refractivity (Wildman–Crippen MR) is 62.7 cm³/mol. The topological polar surface area (TPSA) is 60.2 Å². The molecule has 0 unspecified atom stereocenters. The van der Waals surface area contributed by atoms with Crippen LogP contribution in [0.4, 0.5) is 18.9 Å². The van der Waals surface area contributed by atoms with Gasteiger partial charge in [-0.2, -0.15) is 13.2 Å². The lowest BCUT2D eigenvalue weighted by molar-refractivity contribution is -0.137. The van der Waals surface area contributed by atoms with Crippen LogP contribution in [0.3, 0.4) is 0 Å². The highest BCUT2D eigenvalue weighted by Crippen LogP contribution is 2.32. The number of halogens is 3. The monoisotopic (exact) mass is 281 g/mol. The van der Waals surface area contributed by atoms with Crippen molar-refractivity contribution >= 4 is 15.5 Å². The van der Waals surface area contributed by atoms with Crippen LogP contribution in [0.25, 0.3) is 0 Å². The van der Waals surface area contributed by atoms with Gasteiger partial charge in [0.05, 0.1) is 21.9 Å². The van der Waals surface area contributed by atoms with Crippen LogP contribution >= 0.6 is 0 Å². The van der Waals surface area contributed by atoms with Gasteiger partial charge in [0.15, 0.2) is 9.84 Å². The molecule has 1 aromatic carbocycles. The zero-order valence-electron chi connectivity index (χ0n) is 9.95. The van der Waals surface area contributed by atoms with E-state index in [0.717, 1.165) is 12.1 Å². The molecule has 0 saturated heterocycles. The molecule has 7 heteroatoms. The summed E-state index contributed by atoms with van der Waals surface area (Å²) in [6, 6.07) is 2.28. The molecular weight excluding hydrogens is 267 g/mol. The molecule has 0 atom stereocenters. The summed E-state index contributed by atoms with van der Waals surface area (Å²) in [6.45, 7) is 3.41. The number of benzene rings is 1. The zero-order valence-corrected chi connectivity index (χ0v) is 10.8. The standard InChI is InChI=1S/C11H14F3NO2S/c1-7(2)6-18(16,17)10-4-3-8(5-9(10)15)11(12,13)14/h3-5,7H,6,15H2,1-2H3. The lowest BCUT2D eigenvalue weighted by atomic mass is 10.2. The average Bonchev–Trinajstić information content (AvgIpc) is 2.13. The van der Waals surface area contributed by atoms with E-state index in [-0.39, 0.29) is 22.3 Å². The molecule has 0 heterocycles. The second-order valence-corrected chi connectivity index (χ2v) is 6.43. The summed E-state index contributed by atoms with van der Waals surface area (Å²) in [4.78, 5) is -0.246. The van der Waals surface area contributed by atoms with Gasteiger partial charge in [-0.15, -0.1) is 0 Å². The minimum atomic E-state index is -4.53. The van der Waals surface area contributed by atoms with Crippen LogP contribution < -0.4 is 5.73 Å². The van der Waals surface area contributed by atoms with E-state index in [1.807, 2.05) is 0 Å². The van der Waals surface area contributed by atoms with Gasteiger partial charge in [-0.05, 0) is 24.1 Å². The van der Waals surface area contributed by atoms with Gasteiger partial charge in [-0.3, -0.25) is 0 Å². The summed E-state index contributed by atoms with van der Waals surface area (Å²) >= 11 is 0. The third-order valence-corrected chi connectivity index (χ3v) is 4.37. The molecule has 0 amide bonds. The van der Waals surface area contributed by atoms with Crippen molar-refractivity contribution < 1.29 is 21.6 Å². The zero-order chi connectivity index (χ0) is 14.1. The first-order valence-electron chi connectivity index (χ1n) is 5.23. The van der Waals surface area contributed by atoms with Crippen molar-refractivity contribution in [2.75, 3.05) is 11.5 Å². The van der Waals surface area contributed by atoms with E-state index in [0.29, 0.717) is 6.07 Å². The fraction of sp³-hybridized carbons (Fsp3) is 0.455. The minimum absolute atomic E-state index is 0.128. The molecule has 0 radical (unpaired) electrons. The largest absolute Gasteiger partial charge is 0.416 e. The average molecular weight is 281 g/mol. The first kappa shape index (κ1) is 14.8. The van der Waals surface area contributed by atoms with E-state index in [1.54, 1.807) is 13.8 Å². The molecule has 0 aliphatic carbocycles. The van der Waals surface area contributed by atoms with Crippen LogP contribution in [0.5, 0.6) is 0 Å². The molecule has 0 aliphatic rings. The number of sulfone groups is 1. The molecule has 0 aromatic heterocycles. The SMILES string of the molecule is CC(C)CS(=O)(=O)c1ccc(C(F)(F)F)cc1N. The first-order valence-corrected chi connectivity index (χ1v) is 6.89. The Labute approximate surface area is 104 Å². The van der Waals surface area contributed by atoms with Crippen LogP contribution in [-0.2, 0) is 16.0 Å². The Morgan fingerprint density at radius 2 is 1.83 bits per heavy atom. The molecule has 0 bridgehead atoms. The lowest BCUT2D eigenvalue weighted by Gasteiger charge is -2.12. The van der Waals surface area contributed by atoms with Crippen molar-refractivity contribution in [2.24, 2.45) is 5.92 Å². The van der Waals surface area contributed by atoms with E-state index in [2.05, 4.69) is 0 Å². The number of alkyl halides is 3. The van der Waals surface area contributed by atoms with Crippen molar-refractivity contribution in [3.05, 3.63) is 23.8 Å². The minimum Gasteiger partial charge on any atom is -0.398 e. The molecule has 18 heavy (non-hydrogen) atoms. The summed E-state index contributed by atoms with van der Waals surface area (Å²) in [5, 5.41) is 0. The van der Waals surface area contributed by atoms with Gasteiger partial charge < -0.3 is 5.73 Å². The number of rotatable bonds is 3. The Bertz CT molecular complexity index is 536. The number of hydrogen-bond donors (Lipinski definition) is 1. The van der Waals surface area contributed by atoms with E-state index >= 15 is 0 Å². The van der Waals surface area contributed by atoms with Crippen LogP contribution in [0, 0.1) is 5.92 Å². The summed E-state index contributed by atoms with van der Waals surface area (Å²) in [5.41, 5.74) is 4.08. The van der Waals surface area contributed by atoms with Gasteiger partial charge >= 0.3 is 6.18 Å². The Kier molecular flexibility index (Phi) is 3.95. The molecule has 0 fully saturated rings. The maximum atomic E-state index is 12.4. The highest BCUT2D eigenvalue weighted by molar-refractivity contribution is 7.91. The Balaban J connectivity index is 3.22. The van der Waals surface area contributed by atoms with Crippen LogP contribution in [0.1, 0.15) is 19.4 Å². The predicted octanol–water partition coefficient (Wildman–Crippen LogP) is 2.72. The Morgan fingerprint density at radius 3 is 2.22 bits per heavy atom. The smallest absolute Gasteiger partial charge is 0.398 e. The molecule has 2 N–H and O–H groups in total. The van der Waals surface area contributed by atoms with Crippen molar-refractivity contribution in [3.8, 4) is 0 Å². The molecular formula is C11H14F3NO2S. The number of nitrogen functional groups attached to an aromatic ring is 1. The summed E-state index contributed by atoms with van der Waals surface area (Å²) in [5.74, 6) is -0.278. The normalized spacial score (nSPS) is 13.0. The van der Waals surface area contributed by atoms with E-state index in [4.69, 9.17) is 5.73 Å². The van der Waals surface area contributed by atoms with Gasteiger partial charge in [-0.1, -0.05) is 13.8 Å². The Morgan fingerprint density at radius 1 is 1.28 bits per heavy atom. The van der Waals surface area contributed by atoms with Gasteiger partial charge in [0.1, 0.15) is 0 Å². The van der Waals surface area contributed by atoms with E-state index in [9.17, 15) is 21.6 Å². The van der Waals surface area contributed by atoms with Crippen molar-refractivity contribution in [3.63, 3.8) is 0 Å². The number of nitrogens with two attached hydrogens (primary N) is 1. The van der Waals surface area contributed by atoms with Crippen LogP contribution in [0.2, 0.25) is 0 Å². The lowest BCUT2D eigenvalue weighted by Crippen LogP contribution is -2.15. The fourth-order valence-corrected chi connectivity index (χ4v) is 3.29. The third-order valence-electron chi connectivity index (χ3n) is 2.22. The van der Waals surface area contributed by atoms with E-state index < -0.39 is 21.6 Å². The summed E-state index contributed by atoms with van der Waals surface area (Å²) in [7, 11) is -3.64. The second kappa shape index (κ2) is 4.79. The van der Waals surface area contributed by atoms with Crippen molar-refractivity contribution in [2.45, 2.75) is 24.9 Å². The molecule has 0 spiro atoms. The third kappa shape index (κ3) is 3.38. The molecule has 1 rings (SSSR count).